The third-order valence-electron chi connectivity index (χ3n) is 3.45. The standard InChI is InChI=1S/C14H17N5O2/c20-13(16-9-11-4-6-15-7-5-11)10-19-14(21)18-8-2-1-3-12(18)17-19/h1-4,8,15H,5-7,9-10H2,(H,16,20). The van der Waals surface area contributed by atoms with E-state index in [2.05, 4.69) is 21.8 Å². The second kappa shape index (κ2) is 5.92. The second-order valence-electron chi connectivity index (χ2n) is 4.96. The third kappa shape index (κ3) is 3.03. The van der Waals surface area contributed by atoms with Crippen LogP contribution in [0.1, 0.15) is 6.42 Å². The van der Waals surface area contributed by atoms with Crippen molar-refractivity contribution in [2.45, 2.75) is 13.0 Å². The van der Waals surface area contributed by atoms with Gasteiger partial charge >= 0.3 is 5.69 Å². The fraction of sp³-hybridized carbons (Fsp3) is 0.357. The molecular weight excluding hydrogens is 270 g/mol. The minimum absolute atomic E-state index is 0.0634. The Labute approximate surface area is 121 Å². The van der Waals surface area contributed by atoms with Crippen molar-refractivity contribution in [3.63, 3.8) is 0 Å². The molecule has 0 aliphatic carbocycles. The van der Waals surface area contributed by atoms with Gasteiger partial charge in [0, 0.05) is 19.3 Å². The lowest BCUT2D eigenvalue weighted by atomic mass is 10.1. The molecule has 0 bridgehead atoms. The van der Waals surface area contributed by atoms with Crippen molar-refractivity contribution in [2.24, 2.45) is 0 Å². The molecule has 0 fully saturated rings. The van der Waals surface area contributed by atoms with Crippen molar-refractivity contribution in [1.29, 1.82) is 0 Å². The summed E-state index contributed by atoms with van der Waals surface area (Å²) >= 11 is 0. The van der Waals surface area contributed by atoms with Crippen LogP contribution in [-0.4, -0.2) is 39.7 Å². The molecule has 21 heavy (non-hydrogen) atoms. The molecule has 2 N–H and O–H groups in total. The van der Waals surface area contributed by atoms with Gasteiger partial charge in [0.1, 0.15) is 6.54 Å². The summed E-state index contributed by atoms with van der Waals surface area (Å²) in [5, 5.41) is 10.2. The van der Waals surface area contributed by atoms with Gasteiger partial charge in [-0.15, -0.1) is 5.10 Å². The van der Waals surface area contributed by atoms with Crippen LogP contribution >= 0.6 is 0 Å². The van der Waals surface area contributed by atoms with E-state index in [1.54, 1.807) is 24.4 Å². The maximum Gasteiger partial charge on any atom is 0.350 e. The summed E-state index contributed by atoms with van der Waals surface area (Å²) in [6.07, 6.45) is 4.66. The second-order valence-corrected chi connectivity index (χ2v) is 4.96. The van der Waals surface area contributed by atoms with E-state index >= 15 is 0 Å². The van der Waals surface area contributed by atoms with Gasteiger partial charge in [0.05, 0.1) is 0 Å². The van der Waals surface area contributed by atoms with Gasteiger partial charge in [0.2, 0.25) is 5.91 Å². The van der Waals surface area contributed by atoms with Gasteiger partial charge in [0.15, 0.2) is 5.65 Å². The van der Waals surface area contributed by atoms with Crippen LogP contribution in [0, 0.1) is 0 Å². The zero-order chi connectivity index (χ0) is 14.7. The van der Waals surface area contributed by atoms with Gasteiger partial charge in [-0.2, -0.15) is 0 Å². The van der Waals surface area contributed by atoms with E-state index in [4.69, 9.17) is 0 Å². The van der Waals surface area contributed by atoms with Crippen LogP contribution in [0.5, 0.6) is 0 Å². The number of aromatic nitrogens is 3. The minimum atomic E-state index is -0.304. The molecule has 2 aromatic heterocycles. The zero-order valence-electron chi connectivity index (χ0n) is 11.6. The first kappa shape index (κ1) is 13.6. The molecule has 0 atom stereocenters. The van der Waals surface area contributed by atoms with E-state index in [0.717, 1.165) is 19.5 Å². The zero-order valence-corrected chi connectivity index (χ0v) is 11.6. The number of nitrogens with zero attached hydrogens (tertiary/aromatic N) is 3. The normalized spacial score (nSPS) is 15.0. The molecule has 0 spiro atoms. The van der Waals surface area contributed by atoms with E-state index in [9.17, 15) is 9.59 Å². The summed E-state index contributed by atoms with van der Waals surface area (Å²) < 4.78 is 2.60. The fourth-order valence-corrected chi connectivity index (χ4v) is 2.31. The molecule has 3 heterocycles. The Kier molecular flexibility index (Phi) is 3.83. The highest BCUT2D eigenvalue weighted by molar-refractivity contribution is 5.75. The van der Waals surface area contributed by atoms with Crippen molar-refractivity contribution >= 4 is 11.6 Å². The van der Waals surface area contributed by atoms with Gasteiger partial charge in [-0.25, -0.2) is 9.48 Å². The van der Waals surface area contributed by atoms with Crippen LogP contribution in [0.4, 0.5) is 0 Å². The van der Waals surface area contributed by atoms with Gasteiger partial charge in [-0.3, -0.25) is 9.20 Å². The summed E-state index contributed by atoms with van der Waals surface area (Å²) in [7, 11) is 0. The van der Waals surface area contributed by atoms with E-state index < -0.39 is 0 Å². The SMILES string of the molecule is O=C(Cn1nc2ccccn2c1=O)NCC1=CCNCC1. The number of carbonyl (C=O) groups excluding carboxylic acids is 1. The summed E-state index contributed by atoms with van der Waals surface area (Å²) in [6, 6.07) is 5.29. The number of carbonyl (C=O) groups is 1. The Morgan fingerprint density at radius 2 is 2.33 bits per heavy atom. The number of nitrogens with one attached hydrogen (secondary N) is 2. The van der Waals surface area contributed by atoms with E-state index in [1.807, 2.05) is 0 Å². The van der Waals surface area contributed by atoms with Crippen molar-refractivity contribution in [1.82, 2.24) is 24.8 Å². The molecule has 7 nitrogen and oxygen atoms in total. The predicted molar refractivity (Wildman–Crippen MR) is 78.0 cm³/mol. The van der Waals surface area contributed by atoms with Crippen LogP contribution in [0.15, 0.2) is 40.8 Å². The molecule has 110 valence electrons. The van der Waals surface area contributed by atoms with Crippen molar-refractivity contribution < 1.29 is 4.79 Å². The topological polar surface area (TPSA) is 80.4 Å². The largest absolute Gasteiger partial charge is 0.351 e. The molecule has 0 unspecified atom stereocenters. The molecular formula is C14H17N5O2. The Morgan fingerprint density at radius 1 is 1.43 bits per heavy atom. The van der Waals surface area contributed by atoms with Crippen molar-refractivity contribution in [3.05, 3.63) is 46.5 Å². The lowest BCUT2D eigenvalue weighted by molar-refractivity contribution is -0.121. The molecule has 0 saturated carbocycles. The van der Waals surface area contributed by atoms with Gasteiger partial charge in [-0.1, -0.05) is 17.7 Å². The molecule has 0 saturated heterocycles. The number of rotatable bonds is 4. The third-order valence-corrected chi connectivity index (χ3v) is 3.45. The summed E-state index contributed by atoms with van der Waals surface area (Å²) in [5.41, 5.74) is 1.45. The molecule has 1 aliphatic rings. The highest BCUT2D eigenvalue weighted by atomic mass is 16.2. The number of pyridine rings is 1. The Hall–Kier alpha value is -2.41. The summed E-state index contributed by atoms with van der Waals surface area (Å²) in [4.78, 5) is 24.0. The van der Waals surface area contributed by atoms with E-state index in [-0.39, 0.29) is 18.1 Å². The molecule has 1 aliphatic heterocycles. The first-order chi connectivity index (χ1) is 10.2. The predicted octanol–water partition coefficient (Wildman–Crippen LogP) is -0.468. The summed E-state index contributed by atoms with van der Waals surface area (Å²) in [5.74, 6) is -0.208. The van der Waals surface area contributed by atoms with Crippen molar-refractivity contribution in [2.75, 3.05) is 19.6 Å². The number of amides is 1. The molecule has 3 rings (SSSR count). The Morgan fingerprint density at radius 3 is 3.10 bits per heavy atom. The summed E-state index contributed by atoms with van der Waals surface area (Å²) in [6.45, 7) is 2.25. The average molecular weight is 287 g/mol. The van der Waals surface area contributed by atoms with Gasteiger partial charge in [-0.05, 0) is 25.1 Å². The van der Waals surface area contributed by atoms with Crippen LogP contribution in [-0.2, 0) is 11.3 Å². The Bertz CT molecular complexity index is 743. The lowest BCUT2D eigenvalue weighted by Gasteiger charge is -2.14. The first-order valence-electron chi connectivity index (χ1n) is 6.93. The van der Waals surface area contributed by atoms with Gasteiger partial charge in [0.25, 0.3) is 0 Å². The molecule has 2 aromatic rings. The smallest absolute Gasteiger partial charge is 0.350 e. The fourth-order valence-electron chi connectivity index (χ4n) is 2.31. The average Bonchev–Trinajstić information content (AvgIpc) is 2.83. The Balaban J connectivity index is 1.64. The lowest BCUT2D eigenvalue weighted by Crippen LogP contribution is -2.34. The minimum Gasteiger partial charge on any atom is -0.351 e. The molecule has 1 amide bonds. The molecule has 7 heteroatoms. The molecule has 0 radical (unpaired) electrons. The van der Waals surface area contributed by atoms with Crippen LogP contribution in [0.25, 0.3) is 5.65 Å². The van der Waals surface area contributed by atoms with E-state index in [1.165, 1.54) is 14.7 Å². The van der Waals surface area contributed by atoms with Gasteiger partial charge < -0.3 is 10.6 Å². The quantitative estimate of drug-likeness (QED) is 0.745. The van der Waals surface area contributed by atoms with Crippen LogP contribution < -0.4 is 16.3 Å². The number of hydrogen-bond donors (Lipinski definition) is 2. The number of hydrogen-bond acceptors (Lipinski definition) is 4. The maximum atomic E-state index is 12.0. The molecule has 0 aromatic carbocycles. The maximum absolute atomic E-state index is 12.0. The van der Waals surface area contributed by atoms with Crippen LogP contribution in [0.3, 0.4) is 0 Å². The highest BCUT2D eigenvalue weighted by Gasteiger charge is 2.11. The van der Waals surface area contributed by atoms with E-state index in [0.29, 0.717) is 12.2 Å². The highest BCUT2D eigenvalue weighted by Crippen LogP contribution is 2.02. The van der Waals surface area contributed by atoms with Crippen LogP contribution in [0.2, 0.25) is 0 Å². The number of fused-ring (bicyclic) bond motifs is 1. The first-order valence-corrected chi connectivity index (χ1v) is 6.93. The van der Waals surface area contributed by atoms with Crippen molar-refractivity contribution in [3.8, 4) is 0 Å². The monoisotopic (exact) mass is 287 g/mol.